The molecule has 1 fully saturated rings. The van der Waals surface area contributed by atoms with E-state index in [1.54, 1.807) is 24.1 Å². The average Bonchev–Trinajstić information content (AvgIpc) is 3.10. The number of hydrogen-bond acceptors (Lipinski definition) is 4. The van der Waals surface area contributed by atoms with Crippen LogP contribution in [0.4, 0.5) is 0 Å². The summed E-state index contributed by atoms with van der Waals surface area (Å²) in [5, 5.41) is 4.16. The van der Waals surface area contributed by atoms with Crippen LogP contribution in [0.1, 0.15) is 28.9 Å². The van der Waals surface area contributed by atoms with E-state index in [9.17, 15) is 4.79 Å². The van der Waals surface area contributed by atoms with Crippen LogP contribution in [0.3, 0.4) is 0 Å². The van der Waals surface area contributed by atoms with E-state index in [1.165, 1.54) is 0 Å². The van der Waals surface area contributed by atoms with Crippen molar-refractivity contribution < 1.29 is 9.53 Å². The Morgan fingerprint density at radius 1 is 1.43 bits per heavy atom. The van der Waals surface area contributed by atoms with Gasteiger partial charge in [-0.2, -0.15) is 5.10 Å². The van der Waals surface area contributed by atoms with E-state index in [1.807, 2.05) is 24.9 Å². The van der Waals surface area contributed by atoms with Crippen molar-refractivity contribution in [3.63, 3.8) is 0 Å². The number of nitrogens with zero attached hydrogens (tertiary/aromatic N) is 5. The van der Waals surface area contributed by atoms with E-state index in [-0.39, 0.29) is 5.91 Å². The molecule has 0 spiro atoms. The second-order valence-electron chi connectivity index (χ2n) is 5.97. The minimum Gasteiger partial charge on any atom is -0.377 e. The number of imidazole rings is 1. The third kappa shape index (κ3) is 3.01. The summed E-state index contributed by atoms with van der Waals surface area (Å²) in [6.07, 6.45) is 3.55. The summed E-state index contributed by atoms with van der Waals surface area (Å²) in [7, 11) is 1.68. The quantitative estimate of drug-likeness (QED) is 0.806. The average molecular weight is 317 g/mol. The van der Waals surface area contributed by atoms with Crippen molar-refractivity contribution in [2.24, 2.45) is 5.92 Å². The highest BCUT2D eigenvalue weighted by Gasteiger charge is 2.33. The number of ether oxygens (including phenoxy) is 1. The molecule has 0 aliphatic carbocycles. The zero-order valence-electron chi connectivity index (χ0n) is 13.9. The summed E-state index contributed by atoms with van der Waals surface area (Å²) in [6, 6.07) is 1.79. The second-order valence-corrected chi connectivity index (χ2v) is 5.97. The lowest BCUT2D eigenvalue weighted by Crippen LogP contribution is -2.52. The van der Waals surface area contributed by atoms with Gasteiger partial charge in [-0.1, -0.05) is 0 Å². The molecule has 3 rings (SSSR count). The number of hydrogen-bond donors (Lipinski definition) is 0. The normalized spacial score (nSPS) is 15.0. The van der Waals surface area contributed by atoms with E-state index in [0.29, 0.717) is 24.8 Å². The molecule has 0 radical (unpaired) electrons. The van der Waals surface area contributed by atoms with E-state index in [4.69, 9.17) is 4.74 Å². The molecule has 0 saturated carbocycles. The lowest BCUT2D eigenvalue weighted by Gasteiger charge is -2.39. The van der Waals surface area contributed by atoms with Crippen molar-refractivity contribution in [1.82, 2.24) is 24.2 Å². The van der Waals surface area contributed by atoms with E-state index < -0.39 is 0 Å². The summed E-state index contributed by atoms with van der Waals surface area (Å²) in [5.41, 5.74) is 1.80. The molecule has 0 atom stereocenters. The van der Waals surface area contributed by atoms with Crippen LogP contribution < -0.4 is 0 Å². The van der Waals surface area contributed by atoms with Crippen molar-refractivity contribution >= 4 is 5.91 Å². The van der Waals surface area contributed by atoms with Gasteiger partial charge in [-0.05, 0) is 19.9 Å². The van der Waals surface area contributed by atoms with Gasteiger partial charge in [0.15, 0.2) is 0 Å². The molecule has 0 unspecified atom stereocenters. The predicted molar refractivity (Wildman–Crippen MR) is 85.0 cm³/mol. The van der Waals surface area contributed by atoms with Crippen LogP contribution in [0, 0.1) is 12.8 Å². The summed E-state index contributed by atoms with van der Waals surface area (Å²) in [5.74, 6) is 1.47. The Hall–Kier alpha value is -2.15. The van der Waals surface area contributed by atoms with Crippen LogP contribution in [-0.4, -0.2) is 50.3 Å². The van der Waals surface area contributed by atoms with Crippen molar-refractivity contribution in [3.05, 3.63) is 35.7 Å². The van der Waals surface area contributed by atoms with E-state index in [2.05, 4.69) is 14.6 Å². The molecule has 1 aliphatic rings. The van der Waals surface area contributed by atoms with E-state index in [0.717, 1.165) is 31.2 Å². The largest absolute Gasteiger partial charge is 0.377 e. The maximum Gasteiger partial charge on any atom is 0.272 e. The number of carbonyl (C=O) groups is 1. The molecule has 2 aromatic rings. The molecule has 1 aliphatic heterocycles. The first kappa shape index (κ1) is 15.7. The standard InChI is InChI=1S/C16H23N5O2/c1-4-21-14(5-6-18-21)16(22)19-8-13(9-19)10-20-12(2)7-17-15(20)11-23-3/h5-7,13H,4,8-11H2,1-3H3. The van der Waals surface area contributed by atoms with Crippen LogP contribution in [0.2, 0.25) is 0 Å². The van der Waals surface area contributed by atoms with Gasteiger partial charge in [-0.15, -0.1) is 0 Å². The Morgan fingerprint density at radius 2 is 2.22 bits per heavy atom. The Kier molecular flexibility index (Phi) is 4.47. The first-order valence-corrected chi connectivity index (χ1v) is 7.95. The fourth-order valence-corrected chi connectivity index (χ4v) is 3.04. The van der Waals surface area contributed by atoms with Gasteiger partial charge in [-0.3, -0.25) is 9.48 Å². The van der Waals surface area contributed by atoms with Gasteiger partial charge in [0, 0.05) is 57.3 Å². The Morgan fingerprint density at radius 3 is 2.91 bits per heavy atom. The lowest BCUT2D eigenvalue weighted by molar-refractivity contribution is 0.0450. The minimum atomic E-state index is 0.0695. The molecule has 1 amide bonds. The number of rotatable bonds is 6. The molecular weight excluding hydrogens is 294 g/mol. The third-order valence-corrected chi connectivity index (χ3v) is 4.33. The number of aryl methyl sites for hydroxylation is 2. The molecule has 2 aromatic heterocycles. The molecule has 7 nitrogen and oxygen atoms in total. The van der Waals surface area contributed by atoms with E-state index >= 15 is 0 Å². The number of methoxy groups -OCH3 is 1. The van der Waals surface area contributed by atoms with Crippen molar-refractivity contribution in [2.45, 2.75) is 33.5 Å². The monoisotopic (exact) mass is 317 g/mol. The van der Waals surface area contributed by atoms with Crippen molar-refractivity contribution in [3.8, 4) is 0 Å². The fraction of sp³-hybridized carbons (Fsp3) is 0.562. The van der Waals surface area contributed by atoms with Crippen LogP contribution in [-0.2, 0) is 24.4 Å². The molecule has 23 heavy (non-hydrogen) atoms. The van der Waals surface area contributed by atoms with Gasteiger partial charge in [0.25, 0.3) is 5.91 Å². The predicted octanol–water partition coefficient (Wildman–Crippen LogP) is 1.33. The maximum atomic E-state index is 12.5. The summed E-state index contributed by atoms with van der Waals surface area (Å²) >= 11 is 0. The third-order valence-electron chi connectivity index (χ3n) is 4.33. The van der Waals surface area contributed by atoms with Gasteiger partial charge >= 0.3 is 0 Å². The van der Waals surface area contributed by atoms with Gasteiger partial charge in [0.2, 0.25) is 0 Å². The van der Waals surface area contributed by atoms with Gasteiger partial charge in [0.05, 0.1) is 0 Å². The summed E-state index contributed by atoms with van der Waals surface area (Å²) in [4.78, 5) is 18.7. The molecule has 1 saturated heterocycles. The molecule has 7 heteroatoms. The molecule has 0 N–H and O–H groups in total. The van der Waals surface area contributed by atoms with Crippen LogP contribution in [0.5, 0.6) is 0 Å². The zero-order valence-corrected chi connectivity index (χ0v) is 13.9. The molecule has 124 valence electrons. The summed E-state index contributed by atoms with van der Waals surface area (Å²) in [6.45, 7) is 7.69. The first-order chi connectivity index (χ1) is 11.1. The smallest absolute Gasteiger partial charge is 0.272 e. The Bertz CT molecular complexity index is 684. The second kappa shape index (κ2) is 6.54. The Balaban J connectivity index is 1.59. The lowest BCUT2D eigenvalue weighted by atomic mass is 9.99. The zero-order chi connectivity index (χ0) is 16.4. The molecule has 0 aromatic carbocycles. The molecular formula is C16H23N5O2. The molecule has 0 bridgehead atoms. The maximum absolute atomic E-state index is 12.5. The fourth-order valence-electron chi connectivity index (χ4n) is 3.04. The number of likely N-dealkylation sites (tertiary alicyclic amines) is 1. The number of amides is 1. The van der Waals surface area contributed by atoms with Crippen molar-refractivity contribution in [1.29, 1.82) is 0 Å². The van der Waals surface area contributed by atoms with Gasteiger partial charge < -0.3 is 14.2 Å². The van der Waals surface area contributed by atoms with Crippen LogP contribution in [0.25, 0.3) is 0 Å². The number of aromatic nitrogens is 4. The van der Waals surface area contributed by atoms with Crippen molar-refractivity contribution in [2.75, 3.05) is 20.2 Å². The number of carbonyl (C=O) groups excluding carboxylic acids is 1. The summed E-state index contributed by atoms with van der Waals surface area (Å²) < 4.78 is 9.12. The van der Waals surface area contributed by atoms with Crippen LogP contribution in [0.15, 0.2) is 18.5 Å². The highest BCUT2D eigenvalue weighted by molar-refractivity contribution is 5.93. The first-order valence-electron chi connectivity index (χ1n) is 7.95. The minimum absolute atomic E-state index is 0.0695. The molecule has 3 heterocycles. The van der Waals surface area contributed by atoms with Crippen LogP contribution >= 0.6 is 0 Å². The van der Waals surface area contributed by atoms with Gasteiger partial charge in [0.1, 0.15) is 18.1 Å². The highest BCUT2D eigenvalue weighted by Crippen LogP contribution is 2.22. The SMILES string of the molecule is CCn1nccc1C(=O)N1CC(Cn2c(C)cnc2COC)C1. The Labute approximate surface area is 135 Å². The highest BCUT2D eigenvalue weighted by atomic mass is 16.5. The van der Waals surface area contributed by atoms with Gasteiger partial charge in [-0.25, -0.2) is 4.98 Å². The topological polar surface area (TPSA) is 65.2 Å².